The Morgan fingerprint density at radius 1 is 1.00 bits per heavy atom. The van der Waals surface area contributed by atoms with Gasteiger partial charge in [0.05, 0.1) is 16.7 Å². The third-order valence-corrected chi connectivity index (χ3v) is 7.40. The molecule has 1 N–H and O–H groups in total. The van der Waals surface area contributed by atoms with Crippen molar-refractivity contribution < 1.29 is 23.1 Å². The number of carboxylic acids is 1. The number of aliphatic carboxylic acids is 1. The van der Waals surface area contributed by atoms with Gasteiger partial charge in [-0.25, -0.2) is 8.42 Å². The summed E-state index contributed by atoms with van der Waals surface area (Å²) in [5.74, 6) is -2.01. The number of carbonyl (C=O) groups excluding carboxylic acids is 1. The van der Waals surface area contributed by atoms with E-state index in [2.05, 4.69) is 0 Å². The van der Waals surface area contributed by atoms with Crippen LogP contribution in [-0.2, 0) is 19.6 Å². The van der Waals surface area contributed by atoms with Gasteiger partial charge < -0.3 is 10.0 Å². The summed E-state index contributed by atoms with van der Waals surface area (Å²) >= 11 is 5.83. The summed E-state index contributed by atoms with van der Waals surface area (Å²) in [7, 11) is -3.69. The number of amides is 1. The van der Waals surface area contributed by atoms with Gasteiger partial charge in [-0.15, -0.1) is 0 Å². The Morgan fingerprint density at radius 2 is 1.63 bits per heavy atom. The topological polar surface area (TPSA) is 95.0 Å². The van der Waals surface area contributed by atoms with Gasteiger partial charge in [0.15, 0.2) is 0 Å². The van der Waals surface area contributed by atoms with E-state index in [0.717, 1.165) is 0 Å². The van der Waals surface area contributed by atoms with Crippen LogP contribution in [0.25, 0.3) is 0 Å². The van der Waals surface area contributed by atoms with Crippen molar-refractivity contribution in [1.29, 1.82) is 0 Å². The molecule has 0 bridgehead atoms. The molecule has 2 aliphatic heterocycles. The van der Waals surface area contributed by atoms with Crippen LogP contribution in [0.15, 0.2) is 29.2 Å². The van der Waals surface area contributed by atoms with Crippen LogP contribution >= 0.6 is 11.6 Å². The molecule has 2 fully saturated rings. The molecule has 7 nitrogen and oxygen atoms in total. The number of hydrogen-bond acceptors (Lipinski definition) is 4. The quantitative estimate of drug-likeness (QED) is 0.813. The van der Waals surface area contributed by atoms with E-state index >= 15 is 0 Å². The molecule has 0 radical (unpaired) electrons. The van der Waals surface area contributed by atoms with E-state index in [4.69, 9.17) is 11.6 Å². The van der Waals surface area contributed by atoms with E-state index < -0.39 is 27.8 Å². The molecule has 1 amide bonds. The Hall–Kier alpha value is -1.64. The maximum atomic E-state index is 12.9. The average Bonchev–Trinajstić information content (AvgIpc) is 2.68. The van der Waals surface area contributed by atoms with Gasteiger partial charge in [-0.05, 0) is 49.9 Å². The van der Waals surface area contributed by atoms with E-state index in [9.17, 15) is 23.1 Å². The van der Waals surface area contributed by atoms with Gasteiger partial charge in [0.25, 0.3) is 0 Å². The number of benzene rings is 1. The summed E-state index contributed by atoms with van der Waals surface area (Å²) in [6, 6.07) is 5.98. The zero-order chi connectivity index (χ0) is 19.6. The van der Waals surface area contributed by atoms with Gasteiger partial charge in [0.2, 0.25) is 15.9 Å². The fourth-order valence-electron chi connectivity index (χ4n) is 3.76. The van der Waals surface area contributed by atoms with Crippen LogP contribution < -0.4 is 0 Å². The highest BCUT2D eigenvalue weighted by atomic mass is 35.5. The van der Waals surface area contributed by atoms with E-state index in [1.165, 1.54) is 28.6 Å². The smallest absolute Gasteiger partial charge is 0.308 e. The number of carbonyl (C=O) groups is 2. The standard InChI is InChI=1S/C18H23ClN2O5S/c19-15-5-7-16(8-6-15)27(25,26)21-10-2-3-13(12-21)17(22)20-9-1-4-14(11-20)18(23)24/h5-8,13-14H,1-4,9-12H2,(H,23,24). The Labute approximate surface area is 164 Å². The molecule has 2 aliphatic rings. The molecule has 1 aromatic carbocycles. The first kappa shape index (κ1) is 20.1. The fraction of sp³-hybridized carbons (Fsp3) is 0.556. The highest BCUT2D eigenvalue weighted by Crippen LogP contribution is 2.27. The van der Waals surface area contributed by atoms with E-state index in [1.54, 1.807) is 4.90 Å². The summed E-state index contributed by atoms with van der Waals surface area (Å²) < 4.78 is 27.1. The number of nitrogens with zero attached hydrogens (tertiary/aromatic N) is 2. The summed E-state index contributed by atoms with van der Waals surface area (Å²) in [4.78, 5) is 25.8. The molecule has 27 heavy (non-hydrogen) atoms. The first-order valence-corrected chi connectivity index (χ1v) is 10.9. The minimum absolute atomic E-state index is 0.123. The second kappa shape index (κ2) is 8.16. The normalized spacial score (nSPS) is 24.6. The molecule has 2 unspecified atom stereocenters. The van der Waals surface area contributed by atoms with Crippen molar-refractivity contribution in [1.82, 2.24) is 9.21 Å². The van der Waals surface area contributed by atoms with Gasteiger partial charge in [-0.3, -0.25) is 9.59 Å². The van der Waals surface area contributed by atoms with E-state index in [1.807, 2.05) is 0 Å². The van der Waals surface area contributed by atoms with Crippen LogP contribution in [0.2, 0.25) is 5.02 Å². The summed E-state index contributed by atoms with van der Waals surface area (Å²) in [5.41, 5.74) is 0. The highest BCUT2D eigenvalue weighted by molar-refractivity contribution is 7.89. The van der Waals surface area contributed by atoms with E-state index in [0.29, 0.717) is 43.8 Å². The lowest BCUT2D eigenvalue weighted by Gasteiger charge is -2.37. The van der Waals surface area contributed by atoms with Crippen molar-refractivity contribution in [2.24, 2.45) is 11.8 Å². The second-order valence-electron chi connectivity index (χ2n) is 7.12. The van der Waals surface area contributed by atoms with Crippen molar-refractivity contribution in [2.45, 2.75) is 30.6 Å². The number of likely N-dealkylation sites (tertiary alicyclic amines) is 1. The van der Waals surface area contributed by atoms with Gasteiger partial charge in [-0.2, -0.15) is 4.31 Å². The maximum absolute atomic E-state index is 12.9. The monoisotopic (exact) mass is 414 g/mol. The molecule has 2 saturated heterocycles. The first-order chi connectivity index (χ1) is 12.8. The van der Waals surface area contributed by atoms with Crippen LogP contribution in [0.4, 0.5) is 0 Å². The van der Waals surface area contributed by atoms with Gasteiger partial charge in [0, 0.05) is 31.2 Å². The van der Waals surface area contributed by atoms with Crippen LogP contribution in [0.5, 0.6) is 0 Å². The Kier molecular flexibility index (Phi) is 6.08. The summed E-state index contributed by atoms with van der Waals surface area (Å²) in [6.07, 6.45) is 2.43. The first-order valence-electron chi connectivity index (χ1n) is 9.06. The van der Waals surface area contributed by atoms with Gasteiger partial charge >= 0.3 is 5.97 Å². The van der Waals surface area contributed by atoms with Gasteiger partial charge in [0.1, 0.15) is 0 Å². The van der Waals surface area contributed by atoms with Crippen molar-refractivity contribution >= 4 is 33.5 Å². The van der Waals surface area contributed by atoms with Gasteiger partial charge in [-0.1, -0.05) is 11.6 Å². The number of halogens is 1. The highest BCUT2D eigenvalue weighted by Gasteiger charge is 2.37. The molecular formula is C18H23ClN2O5S. The number of carboxylic acid groups (broad SMARTS) is 1. The Balaban J connectivity index is 1.71. The van der Waals surface area contributed by atoms with E-state index in [-0.39, 0.29) is 23.9 Å². The molecule has 0 saturated carbocycles. The van der Waals surface area contributed by atoms with Crippen molar-refractivity contribution in [3.05, 3.63) is 29.3 Å². The van der Waals surface area contributed by atoms with Crippen molar-refractivity contribution in [3.8, 4) is 0 Å². The Morgan fingerprint density at radius 3 is 2.30 bits per heavy atom. The van der Waals surface area contributed by atoms with Crippen molar-refractivity contribution in [2.75, 3.05) is 26.2 Å². The molecule has 9 heteroatoms. The predicted octanol–water partition coefficient (Wildman–Crippen LogP) is 2.06. The van der Waals surface area contributed by atoms with Crippen LogP contribution in [0.3, 0.4) is 0 Å². The molecule has 148 valence electrons. The number of sulfonamides is 1. The maximum Gasteiger partial charge on any atom is 0.308 e. The van der Waals surface area contributed by atoms with Crippen LogP contribution in [0.1, 0.15) is 25.7 Å². The zero-order valence-electron chi connectivity index (χ0n) is 14.9. The lowest BCUT2D eigenvalue weighted by molar-refractivity contribution is -0.147. The Bertz CT molecular complexity index is 812. The minimum atomic E-state index is -3.69. The fourth-order valence-corrected chi connectivity index (χ4v) is 5.40. The summed E-state index contributed by atoms with van der Waals surface area (Å²) in [6.45, 7) is 1.22. The predicted molar refractivity (Wildman–Crippen MR) is 99.9 cm³/mol. The SMILES string of the molecule is O=C(O)C1CCCN(C(=O)C2CCCN(S(=O)(=O)c3ccc(Cl)cc3)C2)C1. The lowest BCUT2D eigenvalue weighted by atomic mass is 9.94. The third kappa shape index (κ3) is 4.44. The number of piperidine rings is 2. The molecule has 0 aromatic heterocycles. The average molecular weight is 415 g/mol. The third-order valence-electron chi connectivity index (χ3n) is 5.27. The molecule has 2 heterocycles. The molecule has 0 aliphatic carbocycles. The molecule has 0 spiro atoms. The number of hydrogen-bond donors (Lipinski definition) is 1. The molecular weight excluding hydrogens is 392 g/mol. The zero-order valence-corrected chi connectivity index (χ0v) is 16.5. The molecule has 3 rings (SSSR count). The lowest BCUT2D eigenvalue weighted by Crippen LogP contribution is -2.49. The minimum Gasteiger partial charge on any atom is -0.481 e. The van der Waals surface area contributed by atoms with Crippen LogP contribution in [0, 0.1) is 11.8 Å². The second-order valence-corrected chi connectivity index (χ2v) is 9.49. The number of rotatable bonds is 4. The molecule has 1 aromatic rings. The molecule has 2 atom stereocenters. The van der Waals surface area contributed by atoms with Crippen molar-refractivity contribution in [3.63, 3.8) is 0 Å². The largest absolute Gasteiger partial charge is 0.481 e. The van der Waals surface area contributed by atoms with Crippen LogP contribution in [-0.4, -0.2) is 60.8 Å². The summed E-state index contributed by atoms with van der Waals surface area (Å²) in [5, 5.41) is 9.66.